The predicted molar refractivity (Wildman–Crippen MR) is 144 cm³/mol. The maximum absolute atomic E-state index is 13.4. The molecule has 0 unspecified atom stereocenters. The highest BCUT2D eigenvalue weighted by molar-refractivity contribution is 6.39. The van der Waals surface area contributed by atoms with Gasteiger partial charge in [-0.3, -0.25) is 14.9 Å². The third-order valence-corrected chi connectivity index (χ3v) is 6.57. The van der Waals surface area contributed by atoms with E-state index in [-0.39, 0.29) is 5.57 Å². The summed E-state index contributed by atoms with van der Waals surface area (Å²) in [5, 5.41) is 2.32. The number of hydrogen-bond donors (Lipinski definition) is 1. The molecule has 2 heterocycles. The molecule has 1 aromatic heterocycles. The van der Waals surface area contributed by atoms with E-state index in [2.05, 4.69) is 52.9 Å². The predicted octanol–water partition coefficient (Wildman–Crippen LogP) is 5.22. The summed E-state index contributed by atoms with van der Waals surface area (Å²) < 4.78 is 2.09. The van der Waals surface area contributed by atoms with Crippen LogP contribution in [0.2, 0.25) is 0 Å². The Labute approximate surface area is 212 Å². The van der Waals surface area contributed by atoms with E-state index in [1.165, 1.54) is 0 Å². The zero-order valence-electron chi connectivity index (χ0n) is 21.7. The number of nitrogens with zero attached hydrogens (tertiary/aromatic N) is 3. The van der Waals surface area contributed by atoms with Gasteiger partial charge in [0.2, 0.25) is 0 Å². The van der Waals surface area contributed by atoms with Gasteiger partial charge in [-0.05, 0) is 107 Å². The lowest BCUT2D eigenvalue weighted by atomic mass is 10.1. The van der Waals surface area contributed by atoms with Crippen molar-refractivity contribution >= 4 is 35.3 Å². The first-order chi connectivity index (χ1) is 17.1. The molecule has 0 bridgehead atoms. The zero-order chi connectivity index (χ0) is 26.1. The standard InChI is InChI=1S/C29H32N4O3/c1-7-31(8-2)23-9-11-24(12-10-23)32-20(5)16-22(21(32)6)17-26-27(34)30-29(36)33(28(26)35)25-14-18(3)13-19(4)15-25/h9-17H,7-8H2,1-6H3,(H,30,34,36)/b26-17+. The van der Waals surface area contributed by atoms with E-state index in [9.17, 15) is 14.4 Å². The fourth-order valence-corrected chi connectivity index (χ4v) is 4.86. The van der Waals surface area contributed by atoms with E-state index < -0.39 is 17.8 Å². The number of aryl methyl sites for hydroxylation is 3. The lowest BCUT2D eigenvalue weighted by Gasteiger charge is -2.27. The van der Waals surface area contributed by atoms with Crippen LogP contribution in [-0.4, -0.2) is 35.5 Å². The number of amides is 4. The summed E-state index contributed by atoms with van der Waals surface area (Å²) in [5.41, 5.74) is 6.97. The Hall–Kier alpha value is -4.13. The summed E-state index contributed by atoms with van der Waals surface area (Å²) in [6.45, 7) is 13.9. The largest absolute Gasteiger partial charge is 0.372 e. The molecule has 0 spiro atoms. The Morgan fingerprint density at radius 2 is 1.44 bits per heavy atom. The van der Waals surface area contributed by atoms with Crippen molar-refractivity contribution in [2.75, 3.05) is 22.9 Å². The van der Waals surface area contributed by atoms with Crippen LogP contribution in [0.5, 0.6) is 0 Å². The van der Waals surface area contributed by atoms with Gasteiger partial charge in [-0.2, -0.15) is 0 Å². The van der Waals surface area contributed by atoms with Crippen molar-refractivity contribution in [3.05, 3.63) is 82.2 Å². The number of anilines is 2. The van der Waals surface area contributed by atoms with Gasteiger partial charge in [-0.15, -0.1) is 0 Å². The lowest BCUT2D eigenvalue weighted by molar-refractivity contribution is -0.122. The van der Waals surface area contributed by atoms with Crippen LogP contribution in [0.15, 0.2) is 54.1 Å². The summed E-state index contributed by atoms with van der Waals surface area (Å²) in [6, 6.07) is 15.0. The summed E-state index contributed by atoms with van der Waals surface area (Å²) in [4.78, 5) is 42.0. The third kappa shape index (κ3) is 4.56. The van der Waals surface area contributed by atoms with E-state index in [4.69, 9.17) is 0 Å². The number of hydrogen-bond acceptors (Lipinski definition) is 4. The molecule has 1 fully saturated rings. The molecule has 3 aromatic rings. The monoisotopic (exact) mass is 484 g/mol. The van der Waals surface area contributed by atoms with Crippen LogP contribution < -0.4 is 15.1 Å². The molecule has 0 aliphatic carbocycles. The van der Waals surface area contributed by atoms with E-state index in [1.54, 1.807) is 18.2 Å². The molecule has 186 valence electrons. The number of carbonyl (C=O) groups is 3. The highest BCUT2D eigenvalue weighted by atomic mass is 16.2. The number of rotatable bonds is 6. The molecule has 4 rings (SSSR count). The van der Waals surface area contributed by atoms with Crippen LogP contribution in [-0.2, 0) is 9.59 Å². The Balaban J connectivity index is 1.71. The average Bonchev–Trinajstić information content (AvgIpc) is 3.10. The van der Waals surface area contributed by atoms with Crippen LogP contribution in [0.4, 0.5) is 16.2 Å². The number of urea groups is 1. The SMILES string of the molecule is CCN(CC)c1ccc(-n2c(C)cc(/C=C3\C(=O)NC(=O)N(c4cc(C)cc(C)c4)C3=O)c2C)cc1. The molecule has 7 nitrogen and oxygen atoms in total. The van der Waals surface area contributed by atoms with Crippen molar-refractivity contribution in [2.45, 2.75) is 41.5 Å². The summed E-state index contributed by atoms with van der Waals surface area (Å²) in [5.74, 6) is -1.33. The number of barbiturate groups is 1. The van der Waals surface area contributed by atoms with Gasteiger partial charge < -0.3 is 9.47 Å². The number of nitrogens with one attached hydrogen (secondary N) is 1. The number of imide groups is 2. The third-order valence-electron chi connectivity index (χ3n) is 6.57. The molecule has 7 heteroatoms. The van der Waals surface area contributed by atoms with Gasteiger partial charge in [0.25, 0.3) is 11.8 Å². The van der Waals surface area contributed by atoms with Crippen LogP contribution in [0, 0.1) is 27.7 Å². The van der Waals surface area contributed by atoms with Crippen molar-refractivity contribution in [1.29, 1.82) is 0 Å². The van der Waals surface area contributed by atoms with E-state index >= 15 is 0 Å². The van der Waals surface area contributed by atoms with Crippen LogP contribution in [0.25, 0.3) is 11.8 Å². The van der Waals surface area contributed by atoms with Crippen molar-refractivity contribution in [2.24, 2.45) is 0 Å². The van der Waals surface area contributed by atoms with Gasteiger partial charge in [-0.25, -0.2) is 9.69 Å². The normalized spacial score (nSPS) is 15.0. The maximum atomic E-state index is 13.4. The number of aromatic nitrogens is 1. The second-order valence-corrected chi connectivity index (χ2v) is 9.15. The Morgan fingerprint density at radius 3 is 2.03 bits per heavy atom. The van der Waals surface area contributed by atoms with Gasteiger partial charge in [0.1, 0.15) is 5.57 Å². The molecular weight excluding hydrogens is 452 g/mol. The van der Waals surface area contributed by atoms with Gasteiger partial charge in [0.05, 0.1) is 5.69 Å². The topological polar surface area (TPSA) is 74.7 Å². The Kier molecular flexibility index (Phi) is 6.84. The van der Waals surface area contributed by atoms with Crippen LogP contribution in [0.3, 0.4) is 0 Å². The molecule has 1 aliphatic rings. The van der Waals surface area contributed by atoms with Crippen molar-refractivity contribution in [1.82, 2.24) is 9.88 Å². The minimum Gasteiger partial charge on any atom is -0.372 e. The molecule has 4 amide bonds. The van der Waals surface area contributed by atoms with Gasteiger partial charge in [0, 0.05) is 35.9 Å². The Morgan fingerprint density at radius 1 is 0.833 bits per heavy atom. The molecule has 0 saturated carbocycles. The quantitative estimate of drug-likeness (QED) is 0.384. The van der Waals surface area contributed by atoms with Crippen LogP contribution in [0.1, 0.15) is 41.9 Å². The molecular formula is C29H32N4O3. The molecule has 2 aromatic carbocycles. The molecule has 0 radical (unpaired) electrons. The average molecular weight is 485 g/mol. The zero-order valence-corrected chi connectivity index (χ0v) is 21.7. The fraction of sp³-hybridized carbons (Fsp3) is 0.276. The fourth-order valence-electron chi connectivity index (χ4n) is 4.86. The van der Waals surface area contributed by atoms with E-state index in [0.29, 0.717) is 5.69 Å². The summed E-state index contributed by atoms with van der Waals surface area (Å²) in [6.07, 6.45) is 1.57. The summed E-state index contributed by atoms with van der Waals surface area (Å²) in [7, 11) is 0. The smallest absolute Gasteiger partial charge is 0.335 e. The lowest BCUT2D eigenvalue weighted by Crippen LogP contribution is -2.54. The minimum absolute atomic E-state index is 0.0779. The Bertz CT molecular complexity index is 1360. The van der Waals surface area contributed by atoms with E-state index in [0.717, 1.165) is 57.4 Å². The first-order valence-electron chi connectivity index (χ1n) is 12.2. The second-order valence-electron chi connectivity index (χ2n) is 9.15. The molecule has 1 aliphatic heterocycles. The van der Waals surface area contributed by atoms with Crippen molar-refractivity contribution < 1.29 is 14.4 Å². The summed E-state index contributed by atoms with van der Waals surface area (Å²) >= 11 is 0. The molecule has 1 N–H and O–H groups in total. The minimum atomic E-state index is -0.745. The number of carbonyl (C=O) groups excluding carboxylic acids is 3. The van der Waals surface area contributed by atoms with Gasteiger partial charge in [0.15, 0.2) is 0 Å². The van der Waals surface area contributed by atoms with Crippen molar-refractivity contribution in [3.63, 3.8) is 0 Å². The highest BCUT2D eigenvalue weighted by Gasteiger charge is 2.37. The molecule has 1 saturated heterocycles. The van der Waals surface area contributed by atoms with Gasteiger partial charge >= 0.3 is 6.03 Å². The first kappa shape index (κ1) is 25.0. The molecule has 0 atom stereocenters. The number of benzene rings is 2. The second kappa shape index (κ2) is 9.85. The molecule has 36 heavy (non-hydrogen) atoms. The van der Waals surface area contributed by atoms with Crippen molar-refractivity contribution in [3.8, 4) is 5.69 Å². The van der Waals surface area contributed by atoms with Crippen LogP contribution >= 0.6 is 0 Å². The first-order valence-corrected chi connectivity index (χ1v) is 12.2. The van der Waals surface area contributed by atoms with Gasteiger partial charge in [-0.1, -0.05) is 6.07 Å². The highest BCUT2D eigenvalue weighted by Crippen LogP contribution is 2.28. The maximum Gasteiger partial charge on any atom is 0.335 e. The van der Waals surface area contributed by atoms with E-state index in [1.807, 2.05) is 39.8 Å².